The van der Waals surface area contributed by atoms with E-state index in [0.29, 0.717) is 6.04 Å². The Morgan fingerprint density at radius 1 is 1.19 bits per heavy atom. The summed E-state index contributed by atoms with van der Waals surface area (Å²) < 4.78 is 1.03. The van der Waals surface area contributed by atoms with Gasteiger partial charge in [-0.25, -0.2) is 0 Å². The minimum atomic E-state index is 0.327. The van der Waals surface area contributed by atoms with E-state index in [1.54, 1.807) is 28.6 Å². The van der Waals surface area contributed by atoms with Crippen LogP contribution in [0.2, 0.25) is 0 Å². The van der Waals surface area contributed by atoms with Crippen molar-refractivity contribution in [2.45, 2.75) is 17.3 Å². The molecule has 1 atom stereocenters. The molecule has 0 aliphatic carbocycles. The molecule has 0 amide bonds. The number of aromatic nitrogens is 2. The Balaban J connectivity index is 1.80. The molecule has 21 heavy (non-hydrogen) atoms. The van der Waals surface area contributed by atoms with Gasteiger partial charge in [0.05, 0.1) is 0 Å². The summed E-state index contributed by atoms with van der Waals surface area (Å²) >= 11 is 3.35. The van der Waals surface area contributed by atoms with Crippen molar-refractivity contribution in [1.82, 2.24) is 15.5 Å². The third-order valence-electron chi connectivity index (χ3n) is 3.34. The highest BCUT2D eigenvalue weighted by atomic mass is 32.2. The number of hydrogen-bond acceptors (Lipinski definition) is 5. The number of fused-ring (bicyclic) bond motifs is 1. The van der Waals surface area contributed by atoms with Crippen molar-refractivity contribution in [2.24, 2.45) is 0 Å². The van der Waals surface area contributed by atoms with Gasteiger partial charge in [-0.3, -0.25) is 0 Å². The predicted octanol–water partition coefficient (Wildman–Crippen LogP) is 4.13. The van der Waals surface area contributed by atoms with Gasteiger partial charge in [0.25, 0.3) is 0 Å². The number of benzene rings is 2. The van der Waals surface area contributed by atoms with Crippen LogP contribution < -0.4 is 5.32 Å². The van der Waals surface area contributed by atoms with Crippen LogP contribution in [0.5, 0.6) is 0 Å². The average Bonchev–Trinajstić information content (AvgIpc) is 3.04. The Bertz CT molecular complexity index is 698. The molecule has 1 heterocycles. The number of hydrogen-bond donors (Lipinski definition) is 1. The van der Waals surface area contributed by atoms with Crippen LogP contribution in [0.25, 0.3) is 10.8 Å². The lowest BCUT2D eigenvalue weighted by molar-refractivity contribution is 0.606. The topological polar surface area (TPSA) is 37.8 Å². The zero-order valence-corrected chi connectivity index (χ0v) is 13.5. The van der Waals surface area contributed by atoms with Gasteiger partial charge in [0.1, 0.15) is 5.51 Å². The first-order valence-corrected chi connectivity index (χ1v) is 8.84. The van der Waals surface area contributed by atoms with Crippen LogP contribution in [-0.2, 0) is 0 Å². The number of nitrogens with zero attached hydrogens (tertiary/aromatic N) is 2. The fourth-order valence-corrected chi connectivity index (χ4v) is 3.93. The molecule has 3 aromatic rings. The Labute approximate surface area is 132 Å². The Morgan fingerprint density at radius 2 is 2.05 bits per heavy atom. The molecule has 5 heteroatoms. The van der Waals surface area contributed by atoms with Crippen LogP contribution in [0.3, 0.4) is 0 Å². The molecule has 1 unspecified atom stereocenters. The largest absolute Gasteiger partial charge is 0.309 e. The second-order valence-corrected chi connectivity index (χ2v) is 6.83. The van der Waals surface area contributed by atoms with Crippen LogP contribution in [0.4, 0.5) is 0 Å². The van der Waals surface area contributed by atoms with Gasteiger partial charge in [-0.1, -0.05) is 66.4 Å². The number of rotatable bonds is 6. The van der Waals surface area contributed by atoms with E-state index in [1.807, 2.05) is 0 Å². The van der Waals surface area contributed by atoms with Crippen LogP contribution in [0, 0.1) is 0 Å². The Morgan fingerprint density at radius 3 is 2.81 bits per heavy atom. The smallest absolute Gasteiger partial charge is 0.174 e. The van der Waals surface area contributed by atoms with Gasteiger partial charge in [0, 0.05) is 11.8 Å². The van der Waals surface area contributed by atoms with Crippen molar-refractivity contribution in [2.75, 3.05) is 12.3 Å². The molecule has 0 saturated heterocycles. The molecule has 2 aromatic carbocycles. The predicted molar refractivity (Wildman–Crippen MR) is 91.0 cm³/mol. The average molecular weight is 315 g/mol. The molecule has 0 spiro atoms. The summed E-state index contributed by atoms with van der Waals surface area (Å²) in [6, 6.07) is 15.5. The monoisotopic (exact) mass is 315 g/mol. The van der Waals surface area contributed by atoms with E-state index in [0.717, 1.165) is 16.6 Å². The molecule has 0 fully saturated rings. The minimum absolute atomic E-state index is 0.327. The standard InChI is InChI=1S/C16H17N3S2/c1-2-17-15(10-20-16-19-18-11-21-16)14-8-7-12-5-3-4-6-13(12)9-14/h3-9,11,15,17H,2,10H2,1H3. The molecule has 3 nitrogen and oxygen atoms in total. The second-order valence-electron chi connectivity index (χ2n) is 4.73. The van der Waals surface area contributed by atoms with E-state index >= 15 is 0 Å². The molecule has 108 valence electrons. The molecule has 0 radical (unpaired) electrons. The molecule has 0 saturated carbocycles. The maximum atomic E-state index is 4.10. The third-order valence-corrected chi connectivity index (χ3v) is 5.29. The van der Waals surface area contributed by atoms with Crippen LogP contribution in [0.1, 0.15) is 18.5 Å². The highest BCUT2D eigenvalue weighted by Gasteiger charge is 2.12. The lowest BCUT2D eigenvalue weighted by atomic mass is 10.0. The molecular formula is C16H17N3S2. The summed E-state index contributed by atoms with van der Waals surface area (Å²) in [7, 11) is 0. The van der Waals surface area contributed by atoms with E-state index in [4.69, 9.17) is 0 Å². The fraction of sp³-hybridized carbons (Fsp3) is 0.250. The maximum Gasteiger partial charge on any atom is 0.174 e. The zero-order valence-electron chi connectivity index (χ0n) is 11.8. The van der Waals surface area contributed by atoms with Gasteiger partial charge < -0.3 is 5.32 Å². The van der Waals surface area contributed by atoms with Gasteiger partial charge in [-0.05, 0) is 28.9 Å². The van der Waals surface area contributed by atoms with Crippen molar-refractivity contribution >= 4 is 33.9 Å². The molecule has 0 bridgehead atoms. The first kappa shape index (κ1) is 14.5. The van der Waals surface area contributed by atoms with Crippen LogP contribution in [0.15, 0.2) is 52.3 Å². The molecule has 0 aliphatic heterocycles. The van der Waals surface area contributed by atoms with E-state index in [9.17, 15) is 0 Å². The van der Waals surface area contributed by atoms with Gasteiger partial charge in [-0.2, -0.15) is 0 Å². The second kappa shape index (κ2) is 7.02. The van der Waals surface area contributed by atoms with Gasteiger partial charge >= 0.3 is 0 Å². The normalized spacial score (nSPS) is 12.6. The van der Waals surface area contributed by atoms with Crippen molar-refractivity contribution in [1.29, 1.82) is 0 Å². The molecule has 3 rings (SSSR count). The third kappa shape index (κ3) is 3.61. The quantitative estimate of drug-likeness (QED) is 0.694. The molecular weight excluding hydrogens is 298 g/mol. The van der Waals surface area contributed by atoms with Crippen molar-refractivity contribution < 1.29 is 0 Å². The lowest BCUT2D eigenvalue weighted by Crippen LogP contribution is -2.22. The summed E-state index contributed by atoms with van der Waals surface area (Å²) in [5, 5.41) is 14.1. The summed E-state index contributed by atoms with van der Waals surface area (Å²) in [6.45, 7) is 3.10. The van der Waals surface area contributed by atoms with Crippen LogP contribution >= 0.6 is 23.1 Å². The summed E-state index contributed by atoms with van der Waals surface area (Å²) in [6.07, 6.45) is 0. The van der Waals surface area contributed by atoms with Crippen molar-refractivity contribution in [3.63, 3.8) is 0 Å². The molecule has 0 aliphatic rings. The van der Waals surface area contributed by atoms with Gasteiger partial charge in [0.15, 0.2) is 4.34 Å². The van der Waals surface area contributed by atoms with Crippen LogP contribution in [-0.4, -0.2) is 22.5 Å². The van der Waals surface area contributed by atoms with Crippen molar-refractivity contribution in [3.8, 4) is 0 Å². The molecule has 1 aromatic heterocycles. The number of thioether (sulfide) groups is 1. The first-order valence-electron chi connectivity index (χ1n) is 6.98. The van der Waals surface area contributed by atoms with E-state index < -0.39 is 0 Å². The summed E-state index contributed by atoms with van der Waals surface area (Å²) in [5.74, 6) is 0.960. The summed E-state index contributed by atoms with van der Waals surface area (Å²) in [4.78, 5) is 0. The Kier molecular flexibility index (Phi) is 4.85. The lowest BCUT2D eigenvalue weighted by Gasteiger charge is -2.18. The highest BCUT2D eigenvalue weighted by molar-refractivity contribution is 8.01. The van der Waals surface area contributed by atoms with E-state index in [-0.39, 0.29) is 0 Å². The van der Waals surface area contributed by atoms with Gasteiger partial charge in [0.2, 0.25) is 0 Å². The summed E-state index contributed by atoms with van der Waals surface area (Å²) in [5.41, 5.74) is 3.10. The van der Waals surface area contributed by atoms with Crippen molar-refractivity contribution in [3.05, 3.63) is 53.5 Å². The zero-order chi connectivity index (χ0) is 14.5. The number of nitrogens with one attached hydrogen (secondary N) is 1. The fourth-order valence-electron chi connectivity index (χ4n) is 2.32. The molecule has 1 N–H and O–H groups in total. The SMILES string of the molecule is CCNC(CSc1nncs1)c1ccc2ccccc2c1. The maximum absolute atomic E-state index is 4.10. The first-order chi connectivity index (χ1) is 10.4. The Hall–Kier alpha value is -1.43. The van der Waals surface area contributed by atoms with E-state index in [1.165, 1.54) is 16.3 Å². The highest BCUT2D eigenvalue weighted by Crippen LogP contribution is 2.27. The van der Waals surface area contributed by atoms with E-state index in [2.05, 4.69) is 64.9 Å². The van der Waals surface area contributed by atoms with Gasteiger partial charge in [-0.15, -0.1) is 10.2 Å². The minimum Gasteiger partial charge on any atom is -0.309 e.